The van der Waals surface area contributed by atoms with Crippen molar-refractivity contribution in [2.24, 2.45) is 23.7 Å². The average Bonchev–Trinajstić information content (AvgIpc) is 4.03. The Hall–Kier alpha value is -5.44. The maximum absolute atomic E-state index is 15.0. The van der Waals surface area contributed by atoms with Gasteiger partial charge in [0.15, 0.2) is 24.4 Å². The van der Waals surface area contributed by atoms with Crippen LogP contribution in [-0.4, -0.2) is 144 Å². The summed E-state index contributed by atoms with van der Waals surface area (Å²) >= 11 is 10.4. The van der Waals surface area contributed by atoms with Crippen LogP contribution in [0.15, 0.2) is 80.4 Å². The Morgan fingerprint density at radius 1 is 0.402 bits per heavy atom. The molecule has 4 amide bonds. The summed E-state index contributed by atoms with van der Waals surface area (Å²) in [6, 6.07) is 14.0. The van der Waals surface area contributed by atoms with Gasteiger partial charge in [0, 0.05) is 72.6 Å². The Morgan fingerprint density at radius 2 is 0.659 bits per heavy atom. The second-order valence-corrected chi connectivity index (χ2v) is 26.9. The van der Waals surface area contributed by atoms with Crippen LogP contribution in [0.2, 0.25) is 0 Å². The summed E-state index contributed by atoms with van der Waals surface area (Å²) in [6.45, 7) is 17.6. The van der Waals surface area contributed by atoms with Gasteiger partial charge in [0.25, 0.3) is 23.6 Å². The molecule has 448 valence electrons. The number of esters is 4. The molecule has 3 heterocycles. The zero-order valence-electron chi connectivity index (χ0n) is 49.8. The molecule has 0 aliphatic carbocycles. The van der Waals surface area contributed by atoms with Crippen molar-refractivity contribution in [3.8, 4) is 0 Å². The van der Waals surface area contributed by atoms with Gasteiger partial charge in [0.05, 0.1) is 0 Å². The van der Waals surface area contributed by atoms with Crippen LogP contribution in [0.4, 0.5) is 0 Å². The first-order valence-electron chi connectivity index (χ1n) is 28.0. The summed E-state index contributed by atoms with van der Waals surface area (Å²) in [5.74, 6) is -7.30. The second kappa shape index (κ2) is 30.9. The van der Waals surface area contributed by atoms with Crippen molar-refractivity contribution in [2.45, 2.75) is 169 Å². The van der Waals surface area contributed by atoms with Crippen molar-refractivity contribution < 1.29 is 57.3 Å². The van der Waals surface area contributed by atoms with E-state index in [2.05, 4.69) is 31.9 Å². The van der Waals surface area contributed by atoms with Crippen molar-refractivity contribution in [2.75, 3.05) is 28.2 Å². The summed E-state index contributed by atoms with van der Waals surface area (Å²) in [5, 5.41) is 3.99. The van der Waals surface area contributed by atoms with Gasteiger partial charge in [-0.3, -0.25) is 19.2 Å². The minimum Gasteiger partial charge on any atom is -0.451 e. The molecule has 0 N–H and O–H groups in total. The van der Waals surface area contributed by atoms with Crippen LogP contribution in [0.5, 0.6) is 0 Å². The molecule has 8 atom stereocenters. The number of thiophene rings is 2. The molecule has 1 aliphatic rings. The van der Waals surface area contributed by atoms with Crippen LogP contribution in [-0.2, 0) is 83.0 Å². The number of ether oxygens (including phenoxy) is 4. The van der Waals surface area contributed by atoms with Gasteiger partial charge in [0.2, 0.25) is 0 Å². The van der Waals surface area contributed by atoms with E-state index in [-0.39, 0.29) is 62.2 Å². The van der Waals surface area contributed by atoms with E-state index >= 15 is 9.59 Å². The molecule has 16 nitrogen and oxygen atoms in total. The van der Waals surface area contributed by atoms with Gasteiger partial charge >= 0.3 is 23.9 Å². The number of likely N-dealkylation sites (N-methyl/N-ethyl adjacent to an activating group) is 4. The molecule has 1 saturated heterocycles. The lowest BCUT2D eigenvalue weighted by atomic mass is 9.99. The van der Waals surface area contributed by atoms with Crippen LogP contribution < -0.4 is 0 Å². The highest BCUT2D eigenvalue weighted by Gasteiger charge is 2.43. The van der Waals surface area contributed by atoms with Crippen LogP contribution in [0.1, 0.15) is 127 Å². The lowest BCUT2D eigenvalue weighted by molar-refractivity contribution is -0.176. The smallest absolute Gasteiger partial charge is 0.329 e. The zero-order valence-corrected chi connectivity index (χ0v) is 54.6. The molecular formula is C62H82Br2N4O12S2. The van der Waals surface area contributed by atoms with E-state index in [1.165, 1.54) is 51.8 Å². The molecule has 0 spiro atoms. The Balaban J connectivity index is 1.59. The molecule has 2 aromatic carbocycles. The maximum atomic E-state index is 15.0. The van der Waals surface area contributed by atoms with E-state index in [1.54, 1.807) is 22.7 Å². The predicted octanol–water partition coefficient (Wildman–Crippen LogP) is 10.5. The van der Waals surface area contributed by atoms with Crippen molar-refractivity contribution >= 4 is 102 Å². The van der Waals surface area contributed by atoms with Crippen molar-refractivity contribution in [1.82, 2.24) is 19.6 Å². The first kappa shape index (κ1) is 67.4. The van der Waals surface area contributed by atoms with Crippen molar-refractivity contribution in [3.63, 3.8) is 0 Å². The molecule has 1 aliphatic heterocycles. The normalized spacial score (nSPS) is 23.0. The van der Waals surface area contributed by atoms with E-state index in [1.807, 2.05) is 127 Å². The number of carbonyl (C=O) groups excluding carboxylic acids is 8. The third-order valence-electron chi connectivity index (χ3n) is 14.5. The summed E-state index contributed by atoms with van der Waals surface area (Å²) in [6.07, 6.45) is -4.53. The molecular weight excluding hydrogens is 1220 g/mol. The summed E-state index contributed by atoms with van der Waals surface area (Å²) in [5.41, 5.74) is 3.29. The Bertz CT molecular complexity index is 2630. The number of nitrogens with zero attached hydrogens (tertiary/aromatic N) is 4. The number of cyclic esters (lactones) is 4. The Morgan fingerprint density at radius 3 is 0.915 bits per heavy atom. The number of amides is 4. The van der Waals surface area contributed by atoms with E-state index in [9.17, 15) is 28.8 Å². The van der Waals surface area contributed by atoms with E-state index in [4.69, 9.17) is 18.9 Å². The van der Waals surface area contributed by atoms with Gasteiger partial charge in [-0.15, -0.1) is 22.7 Å². The van der Waals surface area contributed by atoms with Gasteiger partial charge < -0.3 is 38.5 Å². The number of carbonyl (C=O) groups is 8. The number of benzene rings is 2. The number of hydrogen-bond donors (Lipinski definition) is 0. The molecule has 0 bridgehead atoms. The van der Waals surface area contributed by atoms with Gasteiger partial charge in [0.1, 0.15) is 24.2 Å². The highest BCUT2D eigenvalue weighted by molar-refractivity contribution is 9.10. The highest BCUT2D eigenvalue weighted by Crippen LogP contribution is 2.29. The van der Waals surface area contributed by atoms with E-state index in [0.717, 1.165) is 39.6 Å². The van der Waals surface area contributed by atoms with Gasteiger partial charge in [-0.25, -0.2) is 19.2 Å². The molecule has 0 radical (unpaired) electrons. The molecule has 1 fully saturated rings. The van der Waals surface area contributed by atoms with Gasteiger partial charge in [-0.2, -0.15) is 0 Å². The highest BCUT2D eigenvalue weighted by atomic mass is 79.9. The van der Waals surface area contributed by atoms with Crippen LogP contribution >= 0.6 is 54.5 Å². The maximum Gasteiger partial charge on any atom is 0.329 e. The quantitative estimate of drug-likeness (QED) is 0.0764. The second-order valence-electron chi connectivity index (χ2n) is 23.2. The fraction of sp³-hybridized carbons (Fsp3) is 0.548. The standard InChI is InChI=1S/C62H82Br2N4O12S2/c1-35(2)27-47-59(73)77-39(9)55(69)65(11)50(30-38(7)8)62(76)80-52(32-42-17-21-44(22-18-42)34-54-46(64)24-26-82-54)58(72)68(14)48(28-36(3)4)60(74)78-40(10)56(70)66(12)49(29-37(5)6)61(75)79-51(57(71)67(47)13)31-41-15-19-43(20-16-41)33-53-45(63)23-25-81-53/h15-26,35-40,47-52H,27-34H2,1-14H3. The molecule has 2 aromatic heterocycles. The van der Waals surface area contributed by atoms with Gasteiger partial charge in [-0.05, 0) is 140 Å². The molecule has 8 unspecified atom stereocenters. The predicted molar refractivity (Wildman–Crippen MR) is 325 cm³/mol. The minimum atomic E-state index is -1.52. The summed E-state index contributed by atoms with van der Waals surface area (Å²) in [7, 11) is 5.62. The lowest BCUT2D eigenvalue weighted by Crippen LogP contribution is -2.55. The molecule has 4 aromatic rings. The van der Waals surface area contributed by atoms with Crippen molar-refractivity contribution in [3.05, 3.63) is 112 Å². The van der Waals surface area contributed by atoms with Gasteiger partial charge in [-0.1, -0.05) is 104 Å². The third-order valence-corrected chi connectivity index (χ3v) is 18.3. The molecule has 20 heteroatoms. The SMILES string of the molecule is CC(C)CC1C(=O)OC(Cc2ccc(Cc3sccc3Br)cc2)C(=O)N(C)C(CC(C)C)C(=O)OC(C)C(=O)N(C)C(CC(C)C)C(=O)OC(Cc2ccc(Cc3sccc3Br)cc2)C(=O)N(C)C(CC(C)C)C(=O)OC(C)C(=O)N1C. The minimum absolute atomic E-state index is 0.0919. The Kier molecular flexibility index (Phi) is 25.4. The summed E-state index contributed by atoms with van der Waals surface area (Å²) < 4.78 is 26.3. The lowest BCUT2D eigenvalue weighted by Gasteiger charge is -2.35. The molecule has 82 heavy (non-hydrogen) atoms. The van der Waals surface area contributed by atoms with Crippen LogP contribution in [0.3, 0.4) is 0 Å². The third kappa shape index (κ3) is 18.8. The van der Waals surface area contributed by atoms with E-state index in [0.29, 0.717) is 24.0 Å². The topological polar surface area (TPSA) is 186 Å². The largest absolute Gasteiger partial charge is 0.451 e. The first-order chi connectivity index (χ1) is 38.6. The fourth-order valence-electron chi connectivity index (χ4n) is 9.77. The molecule has 5 rings (SSSR count). The zero-order chi connectivity index (χ0) is 60.9. The van der Waals surface area contributed by atoms with E-state index < -0.39 is 96.1 Å². The Labute approximate surface area is 509 Å². The van der Waals surface area contributed by atoms with Crippen LogP contribution in [0, 0.1) is 23.7 Å². The molecule has 0 saturated carbocycles. The number of halogens is 2. The first-order valence-corrected chi connectivity index (χ1v) is 31.4. The number of rotatable bonds is 16. The monoisotopic (exact) mass is 1300 g/mol. The van der Waals surface area contributed by atoms with Crippen molar-refractivity contribution in [1.29, 1.82) is 0 Å². The fourth-order valence-corrected chi connectivity index (χ4v) is 12.8. The number of hydrogen-bond acceptors (Lipinski definition) is 14. The summed E-state index contributed by atoms with van der Waals surface area (Å²) in [4.78, 5) is 124. The van der Waals surface area contributed by atoms with Crippen LogP contribution in [0.25, 0.3) is 0 Å². The average molecular weight is 1300 g/mol.